The normalized spacial score (nSPS) is 11.6. The van der Waals surface area contributed by atoms with Crippen LogP contribution < -0.4 is 0 Å². The summed E-state index contributed by atoms with van der Waals surface area (Å²) in [5.74, 6) is 0. The van der Waals surface area contributed by atoms with Gasteiger partial charge < -0.3 is 4.57 Å². The molecule has 8 rings (SSSR count). The highest BCUT2D eigenvalue weighted by Crippen LogP contribution is 2.40. The molecule has 1 heteroatoms. The molecule has 0 unspecified atom stereocenters. The number of para-hydroxylation sites is 2. The minimum Gasteiger partial charge on any atom is -0.309 e. The van der Waals surface area contributed by atoms with Crippen molar-refractivity contribution in [3.8, 4) is 27.9 Å². The highest BCUT2D eigenvalue weighted by atomic mass is 15.0. The largest absolute Gasteiger partial charge is 0.309 e. The summed E-state index contributed by atoms with van der Waals surface area (Å²) in [6.45, 7) is 0. The molecule has 0 aliphatic carbocycles. The average molecular weight is 496 g/mol. The van der Waals surface area contributed by atoms with Gasteiger partial charge in [0.05, 0.1) is 11.0 Å². The molecule has 39 heavy (non-hydrogen) atoms. The summed E-state index contributed by atoms with van der Waals surface area (Å²) in [5.41, 5.74) is 8.66. The van der Waals surface area contributed by atoms with Crippen LogP contribution in [0.3, 0.4) is 0 Å². The number of benzene rings is 7. The second-order valence-corrected chi connectivity index (χ2v) is 10.2. The van der Waals surface area contributed by atoms with Crippen molar-refractivity contribution in [3.05, 3.63) is 152 Å². The molecule has 1 aromatic heterocycles. The van der Waals surface area contributed by atoms with E-state index in [0.29, 0.717) is 0 Å². The molecule has 0 fully saturated rings. The van der Waals surface area contributed by atoms with E-state index >= 15 is 0 Å². The van der Waals surface area contributed by atoms with Gasteiger partial charge in [-0.3, -0.25) is 0 Å². The SMILES string of the molecule is c1ccc(-c2ccc(-c3ccc4ccc5c(c4c3)c3ccccc3n5-c3ccccc3)c3ccccc23)cc1. The fourth-order valence-electron chi connectivity index (χ4n) is 6.23. The van der Waals surface area contributed by atoms with E-state index in [1.807, 2.05) is 0 Å². The first kappa shape index (κ1) is 21.9. The predicted molar refractivity (Wildman–Crippen MR) is 167 cm³/mol. The molecule has 0 saturated carbocycles. The molecule has 1 nitrogen and oxygen atoms in total. The van der Waals surface area contributed by atoms with Gasteiger partial charge >= 0.3 is 0 Å². The zero-order chi connectivity index (χ0) is 25.8. The Morgan fingerprint density at radius 1 is 0.359 bits per heavy atom. The monoisotopic (exact) mass is 495 g/mol. The fraction of sp³-hybridized carbons (Fsp3) is 0. The third-order valence-corrected chi connectivity index (χ3v) is 7.99. The third kappa shape index (κ3) is 3.41. The van der Waals surface area contributed by atoms with Crippen molar-refractivity contribution < 1.29 is 0 Å². The standard InChI is InChI=1S/C38H25N/c1-3-11-26(12-4-1)30-22-23-31(33-16-8-7-15-32(30)33)28-20-19-27-21-24-37-38(35(27)25-28)34-17-9-10-18-36(34)39(37)29-13-5-2-6-14-29/h1-25H. The van der Waals surface area contributed by atoms with Gasteiger partial charge in [-0.1, -0.05) is 121 Å². The minimum atomic E-state index is 1.18. The number of nitrogens with zero attached hydrogens (tertiary/aromatic N) is 1. The molecular weight excluding hydrogens is 470 g/mol. The Morgan fingerprint density at radius 2 is 0.949 bits per heavy atom. The van der Waals surface area contributed by atoms with E-state index in [1.165, 1.54) is 71.3 Å². The second kappa shape index (κ2) is 8.72. The summed E-state index contributed by atoms with van der Waals surface area (Å²) in [6, 6.07) is 54.9. The van der Waals surface area contributed by atoms with Crippen LogP contribution in [0.15, 0.2) is 152 Å². The molecule has 0 bridgehead atoms. The molecule has 0 aliphatic heterocycles. The maximum absolute atomic E-state index is 2.39. The lowest BCUT2D eigenvalue weighted by atomic mass is 9.91. The van der Waals surface area contributed by atoms with Crippen molar-refractivity contribution in [2.75, 3.05) is 0 Å². The highest BCUT2D eigenvalue weighted by Gasteiger charge is 2.16. The van der Waals surface area contributed by atoms with E-state index in [9.17, 15) is 0 Å². The second-order valence-electron chi connectivity index (χ2n) is 10.2. The van der Waals surface area contributed by atoms with Crippen LogP contribution in [0.25, 0.3) is 71.3 Å². The van der Waals surface area contributed by atoms with Gasteiger partial charge in [-0.05, 0) is 74.1 Å². The van der Waals surface area contributed by atoms with Crippen molar-refractivity contribution in [2.24, 2.45) is 0 Å². The van der Waals surface area contributed by atoms with Crippen molar-refractivity contribution in [1.29, 1.82) is 0 Å². The summed E-state index contributed by atoms with van der Waals surface area (Å²) >= 11 is 0. The van der Waals surface area contributed by atoms with Crippen molar-refractivity contribution in [3.63, 3.8) is 0 Å². The van der Waals surface area contributed by atoms with Crippen LogP contribution in [0.5, 0.6) is 0 Å². The molecule has 0 amide bonds. The molecule has 0 spiro atoms. The number of fused-ring (bicyclic) bond motifs is 6. The number of hydrogen-bond donors (Lipinski definition) is 0. The lowest BCUT2D eigenvalue weighted by molar-refractivity contribution is 1.18. The van der Waals surface area contributed by atoms with E-state index < -0.39 is 0 Å². The molecule has 0 radical (unpaired) electrons. The Balaban J connectivity index is 1.41. The summed E-state index contributed by atoms with van der Waals surface area (Å²) in [4.78, 5) is 0. The van der Waals surface area contributed by atoms with Gasteiger partial charge in [0.2, 0.25) is 0 Å². The number of aromatic nitrogens is 1. The molecule has 0 aliphatic rings. The third-order valence-electron chi connectivity index (χ3n) is 7.99. The Bertz CT molecular complexity index is 2150. The van der Waals surface area contributed by atoms with Crippen LogP contribution in [0.4, 0.5) is 0 Å². The maximum Gasteiger partial charge on any atom is 0.0547 e. The Morgan fingerprint density at radius 3 is 1.69 bits per heavy atom. The fourth-order valence-corrected chi connectivity index (χ4v) is 6.23. The van der Waals surface area contributed by atoms with Crippen LogP contribution in [0.1, 0.15) is 0 Å². The summed E-state index contributed by atoms with van der Waals surface area (Å²) < 4.78 is 2.39. The minimum absolute atomic E-state index is 1.18. The van der Waals surface area contributed by atoms with E-state index in [0.717, 1.165) is 0 Å². The topological polar surface area (TPSA) is 4.93 Å². The van der Waals surface area contributed by atoms with E-state index in [2.05, 4.69) is 156 Å². The predicted octanol–water partition coefficient (Wildman–Crippen LogP) is 10.4. The first-order valence-corrected chi connectivity index (χ1v) is 13.5. The summed E-state index contributed by atoms with van der Waals surface area (Å²) in [7, 11) is 0. The zero-order valence-electron chi connectivity index (χ0n) is 21.4. The molecule has 0 saturated heterocycles. The maximum atomic E-state index is 2.39. The van der Waals surface area contributed by atoms with E-state index in [-0.39, 0.29) is 0 Å². The van der Waals surface area contributed by atoms with E-state index in [1.54, 1.807) is 0 Å². The number of rotatable bonds is 3. The van der Waals surface area contributed by atoms with Gasteiger partial charge in [-0.25, -0.2) is 0 Å². The molecule has 182 valence electrons. The highest BCUT2D eigenvalue weighted by molar-refractivity contribution is 6.22. The summed E-state index contributed by atoms with van der Waals surface area (Å²) in [6.07, 6.45) is 0. The quantitative estimate of drug-likeness (QED) is 0.230. The number of hydrogen-bond acceptors (Lipinski definition) is 0. The van der Waals surface area contributed by atoms with Crippen LogP contribution in [-0.4, -0.2) is 4.57 Å². The van der Waals surface area contributed by atoms with Crippen molar-refractivity contribution in [2.45, 2.75) is 0 Å². The van der Waals surface area contributed by atoms with Crippen LogP contribution in [0.2, 0.25) is 0 Å². The zero-order valence-corrected chi connectivity index (χ0v) is 21.4. The molecule has 0 atom stereocenters. The Labute approximate surface area is 227 Å². The van der Waals surface area contributed by atoms with Gasteiger partial charge in [0, 0.05) is 16.5 Å². The van der Waals surface area contributed by atoms with Crippen molar-refractivity contribution >= 4 is 43.4 Å². The summed E-state index contributed by atoms with van der Waals surface area (Å²) in [5, 5.41) is 7.68. The first-order chi connectivity index (χ1) is 19.4. The van der Waals surface area contributed by atoms with E-state index in [4.69, 9.17) is 0 Å². The van der Waals surface area contributed by atoms with Gasteiger partial charge in [-0.15, -0.1) is 0 Å². The molecule has 8 aromatic rings. The Hall–Kier alpha value is -5.14. The molecule has 1 heterocycles. The lowest BCUT2D eigenvalue weighted by Gasteiger charge is -2.13. The first-order valence-electron chi connectivity index (χ1n) is 13.5. The molecular formula is C38H25N. The lowest BCUT2D eigenvalue weighted by Crippen LogP contribution is -1.92. The average Bonchev–Trinajstić information content (AvgIpc) is 3.36. The van der Waals surface area contributed by atoms with Crippen LogP contribution in [-0.2, 0) is 0 Å². The van der Waals surface area contributed by atoms with Gasteiger partial charge in [0.25, 0.3) is 0 Å². The van der Waals surface area contributed by atoms with Gasteiger partial charge in [-0.2, -0.15) is 0 Å². The molecule has 7 aromatic carbocycles. The smallest absolute Gasteiger partial charge is 0.0547 e. The van der Waals surface area contributed by atoms with Crippen LogP contribution >= 0.6 is 0 Å². The van der Waals surface area contributed by atoms with Gasteiger partial charge in [0.1, 0.15) is 0 Å². The van der Waals surface area contributed by atoms with Gasteiger partial charge in [0.15, 0.2) is 0 Å². The van der Waals surface area contributed by atoms with Crippen molar-refractivity contribution in [1.82, 2.24) is 4.57 Å². The van der Waals surface area contributed by atoms with Crippen LogP contribution in [0, 0.1) is 0 Å². The Kier molecular flexibility index (Phi) is 4.89. The molecule has 0 N–H and O–H groups in total.